The molecule has 15 heavy (non-hydrogen) atoms. The minimum atomic E-state index is -0.311. The van der Waals surface area contributed by atoms with Gasteiger partial charge < -0.3 is 5.73 Å². The Hall–Kier alpha value is -1.75. The molecule has 0 radical (unpaired) electrons. The molecule has 2 aromatic rings. The Morgan fingerprint density at radius 2 is 2.20 bits per heavy atom. The maximum atomic E-state index is 13.0. The summed E-state index contributed by atoms with van der Waals surface area (Å²) in [6, 6.07) is 6.13. The van der Waals surface area contributed by atoms with Crippen LogP contribution in [0.4, 0.5) is 4.39 Å². The van der Waals surface area contributed by atoms with Gasteiger partial charge in [0, 0.05) is 12.0 Å². The lowest BCUT2D eigenvalue weighted by molar-refractivity contribution is 0.304. The fraction of sp³-hybridized carbons (Fsp3) is 0.200. The van der Waals surface area contributed by atoms with Crippen molar-refractivity contribution in [1.82, 2.24) is 10.3 Å². The molecule has 4 nitrogen and oxygen atoms in total. The summed E-state index contributed by atoms with van der Waals surface area (Å²) >= 11 is 0. The Balaban J connectivity index is 2.40. The summed E-state index contributed by atoms with van der Waals surface area (Å²) in [5.41, 5.74) is 7.28. The average Bonchev–Trinajstić information content (AvgIpc) is 2.66. The van der Waals surface area contributed by atoms with Gasteiger partial charge in [-0.25, -0.2) is 9.02 Å². The number of rotatable bonds is 3. The fourth-order valence-electron chi connectivity index (χ4n) is 1.36. The molecule has 5 heteroatoms. The van der Waals surface area contributed by atoms with Gasteiger partial charge in [-0.1, -0.05) is 17.3 Å². The van der Waals surface area contributed by atoms with E-state index < -0.39 is 0 Å². The van der Waals surface area contributed by atoms with Crippen LogP contribution < -0.4 is 5.73 Å². The summed E-state index contributed by atoms with van der Waals surface area (Å²) in [7, 11) is 0. The first kappa shape index (κ1) is 9.79. The molecule has 2 rings (SSSR count). The Bertz CT molecular complexity index is 455. The quantitative estimate of drug-likeness (QED) is 0.825. The minimum absolute atomic E-state index is 0.311. The normalized spacial score (nSPS) is 10.5. The molecule has 0 spiro atoms. The molecule has 0 amide bonds. The molecule has 2 N–H and O–H groups in total. The van der Waals surface area contributed by atoms with Crippen molar-refractivity contribution >= 4 is 0 Å². The van der Waals surface area contributed by atoms with E-state index in [1.807, 2.05) is 0 Å². The first-order valence-corrected chi connectivity index (χ1v) is 4.58. The van der Waals surface area contributed by atoms with Crippen molar-refractivity contribution in [2.24, 2.45) is 5.73 Å². The van der Waals surface area contributed by atoms with E-state index in [2.05, 4.69) is 14.9 Å². The minimum Gasteiger partial charge on any atom is -0.330 e. The first-order chi connectivity index (χ1) is 7.31. The van der Waals surface area contributed by atoms with Gasteiger partial charge in [-0.15, -0.1) is 0 Å². The maximum Gasteiger partial charge on any atom is 0.138 e. The summed E-state index contributed by atoms with van der Waals surface area (Å²) in [4.78, 5) is 0. The summed E-state index contributed by atoms with van der Waals surface area (Å²) in [6.07, 6.45) is 0.565. The smallest absolute Gasteiger partial charge is 0.138 e. The Kier molecular flexibility index (Phi) is 2.73. The molecule has 0 aliphatic rings. The van der Waals surface area contributed by atoms with E-state index in [9.17, 15) is 4.39 Å². The van der Waals surface area contributed by atoms with Crippen LogP contribution in [0.1, 0.15) is 5.69 Å². The van der Waals surface area contributed by atoms with Gasteiger partial charge in [0.15, 0.2) is 0 Å². The average molecular weight is 207 g/mol. The highest BCUT2D eigenvalue weighted by Crippen LogP contribution is 2.20. The molecule has 0 saturated heterocycles. The zero-order valence-electron chi connectivity index (χ0n) is 7.98. The first-order valence-electron chi connectivity index (χ1n) is 4.58. The summed E-state index contributed by atoms with van der Waals surface area (Å²) in [5.74, 6) is -0.311. The lowest BCUT2D eigenvalue weighted by Crippen LogP contribution is -2.04. The lowest BCUT2D eigenvalue weighted by atomic mass is 10.1. The van der Waals surface area contributed by atoms with Crippen LogP contribution in [0.5, 0.6) is 0 Å². The number of hydrogen-bond acceptors (Lipinski definition) is 4. The second kappa shape index (κ2) is 4.18. The van der Waals surface area contributed by atoms with E-state index in [1.54, 1.807) is 12.1 Å². The van der Waals surface area contributed by atoms with Gasteiger partial charge in [-0.3, -0.25) is 0 Å². The topological polar surface area (TPSA) is 64.9 Å². The third-order valence-corrected chi connectivity index (χ3v) is 2.04. The van der Waals surface area contributed by atoms with E-state index in [0.29, 0.717) is 29.9 Å². The maximum absolute atomic E-state index is 13.0. The lowest BCUT2D eigenvalue weighted by Gasteiger charge is -1.97. The summed E-state index contributed by atoms with van der Waals surface area (Å²) < 4.78 is 17.6. The molecule has 1 aromatic heterocycles. The molecular weight excluding hydrogens is 197 g/mol. The molecule has 0 atom stereocenters. The van der Waals surface area contributed by atoms with Crippen molar-refractivity contribution in [2.75, 3.05) is 6.54 Å². The van der Waals surface area contributed by atoms with E-state index in [0.717, 1.165) is 0 Å². The van der Waals surface area contributed by atoms with Crippen molar-refractivity contribution in [3.8, 4) is 11.3 Å². The van der Waals surface area contributed by atoms with Crippen LogP contribution in [0.3, 0.4) is 0 Å². The van der Waals surface area contributed by atoms with Crippen molar-refractivity contribution in [3.05, 3.63) is 35.8 Å². The molecule has 0 saturated carbocycles. The summed E-state index contributed by atoms with van der Waals surface area (Å²) in [6.45, 7) is 0.455. The summed E-state index contributed by atoms with van der Waals surface area (Å²) in [5, 5.41) is 7.46. The van der Waals surface area contributed by atoms with Crippen LogP contribution in [-0.4, -0.2) is 16.9 Å². The molecule has 0 fully saturated rings. The molecule has 78 valence electrons. The predicted octanol–water partition coefficient (Wildman–Crippen LogP) is 1.38. The number of halogens is 1. The zero-order chi connectivity index (χ0) is 10.7. The van der Waals surface area contributed by atoms with E-state index in [-0.39, 0.29) is 5.82 Å². The van der Waals surface area contributed by atoms with Crippen LogP contribution in [-0.2, 0) is 6.42 Å². The molecule has 0 bridgehead atoms. The number of aromatic nitrogens is 2. The highest BCUT2D eigenvalue weighted by Gasteiger charge is 2.11. The van der Waals surface area contributed by atoms with Gasteiger partial charge in [0.25, 0.3) is 0 Å². The Morgan fingerprint density at radius 3 is 2.93 bits per heavy atom. The van der Waals surface area contributed by atoms with E-state index in [1.165, 1.54) is 12.1 Å². The van der Waals surface area contributed by atoms with Gasteiger partial charge in [0.05, 0.1) is 0 Å². The van der Waals surface area contributed by atoms with Crippen LogP contribution in [0.15, 0.2) is 28.9 Å². The van der Waals surface area contributed by atoms with Crippen molar-refractivity contribution < 1.29 is 9.02 Å². The molecule has 0 unspecified atom stereocenters. The zero-order valence-corrected chi connectivity index (χ0v) is 7.98. The van der Waals surface area contributed by atoms with Gasteiger partial charge >= 0.3 is 0 Å². The van der Waals surface area contributed by atoms with Crippen LogP contribution >= 0.6 is 0 Å². The number of hydrogen-bond donors (Lipinski definition) is 1. The predicted molar refractivity (Wildman–Crippen MR) is 52.5 cm³/mol. The van der Waals surface area contributed by atoms with Crippen molar-refractivity contribution in [2.45, 2.75) is 6.42 Å². The standard InChI is InChI=1S/C10H10FN3O/c11-8-3-1-2-7(6-8)10-9(4-5-12)13-15-14-10/h1-3,6H,4-5,12H2. The van der Waals surface area contributed by atoms with Crippen molar-refractivity contribution in [3.63, 3.8) is 0 Å². The second-order valence-corrected chi connectivity index (χ2v) is 3.11. The monoisotopic (exact) mass is 207 g/mol. The Labute approximate surface area is 85.9 Å². The third kappa shape index (κ3) is 2.02. The fourth-order valence-corrected chi connectivity index (χ4v) is 1.36. The molecule has 0 aliphatic heterocycles. The van der Waals surface area contributed by atoms with Gasteiger partial charge in [-0.05, 0) is 23.8 Å². The van der Waals surface area contributed by atoms with Crippen molar-refractivity contribution in [1.29, 1.82) is 0 Å². The van der Waals surface area contributed by atoms with Crippen LogP contribution in [0, 0.1) is 5.82 Å². The third-order valence-electron chi connectivity index (χ3n) is 2.04. The Morgan fingerprint density at radius 1 is 1.33 bits per heavy atom. The molecule has 0 aliphatic carbocycles. The highest BCUT2D eigenvalue weighted by molar-refractivity contribution is 5.60. The van der Waals surface area contributed by atoms with Gasteiger partial charge in [0.2, 0.25) is 0 Å². The van der Waals surface area contributed by atoms with Crippen LogP contribution in [0.2, 0.25) is 0 Å². The molecule has 1 heterocycles. The second-order valence-electron chi connectivity index (χ2n) is 3.11. The number of nitrogens with zero attached hydrogens (tertiary/aromatic N) is 2. The SMILES string of the molecule is NCCc1nonc1-c1cccc(F)c1. The number of benzene rings is 1. The number of nitrogens with two attached hydrogens (primary N) is 1. The largest absolute Gasteiger partial charge is 0.330 e. The molecular formula is C10H10FN3O. The van der Waals surface area contributed by atoms with Crippen LogP contribution in [0.25, 0.3) is 11.3 Å². The van der Waals surface area contributed by atoms with Gasteiger partial charge in [-0.2, -0.15) is 0 Å². The highest BCUT2D eigenvalue weighted by atomic mass is 19.1. The van der Waals surface area contributed by atoms with E-state index in [4.69, 9.17) is 5.73 Å². The molecule has 1 aromatic carbocycles. The van der Waals surface area contributed by atoms with Gasteiger partial charge in [0.1, 0.15) is 17.2 Å². The van der Waals surface area contributed by atoms with E-state index >= 15 is 0 Å².